The van der Waals surface area contributed by atoms with Crippen molar-refractivity contribution in [3.63, 3.8) is 0 Å². The van der Waals surface area contributed by atoms with E-state index in [4.69, 9.17) is 5.26 Å². The second-order valence-electron chi connectivity index (χ2n) is 6.31. The lowest BCUT2D eigenvalue weighted by atomic mass is 10.2. The molecule has 4 rings (SSSR count). The van der Waals surface area contributed by atoms with E-state index in [2.05, 4.69) is 63.0 Å². The van der Waals surface area contributed by atoms with Crippen molar-refractivity contribution in [3.05, 3.63) is 63.5 Å². The number of benzene rings is 1. The molecule has 3 aromatic heterocycles. The highest BCUT2D eigenvalue weighted by atomic mass is 79.9. The monoisotopic (exact) mass is 512 g/mol. The molecule has 0 radical (unpaired) electrons. The van der Waals surface area contributed by atoms with Crippen molar-refractivity contribution in [1.82, 2.24) is 29.7 Å². The number of hydrogen-bond donors (Lipinski definition) is 0. The SMILES string of the molecule is CC(c1ncnn1-c1ccc(C#N)cn1)N(C)c1ncnc2c(Br)cc(Br)cc12. The Balaban J connectivity index is 1.75. The maximum atomic E-state index is 8.98. The molecule has 0 N–H and O–H groups in total. The van der Waals surface area contributed by atoms with Gasteiger partial charge in [-0.15, -0.1) is 0 Å². The summed E-state index contributed by atoms with van der Waals surface area (Å²) < 4.78 is 3.48. The van der Waals surface area contributed by atoms with Gasteiger partial charge in [0.05, 0.1) is 17.1 Å². The van der Waals surface area contributed by atoms with Crippen molar-refractivity contribution in [1.29, 1.82) is 5.26 Å². The van der Waals surface area contributed by atoms with Crippen LogP contribution in [0.15, 0.2) is 52.1 Å². The van der Waals surface area contributed by atoms with Gasteiger partial charge in [0, 0.05) is 27.6 Å². The highest BCUT2D eigenvalue weighted by molar-refractivity contribution is 9.11. The summed E-state index contributed by atoms with van der Waals surface area (Å²) >= 11 is 7.10. The van der Waals surface area contributed by atoms with Crippen molar-refractivity contribution in [2.24, 2.45) is 0 Å². The predicted octanol–water partition coefficient (Wildman–Crippen LogP) is 4.20. The van der Waals surface area contributed by atoms with Gasteiger partial charge in [0.25, 0.3) is 0 Å². The predicted molar refractivity (Wildman–Crippen MR) is 116 cm³/mol. The molecule has 0 saturated carbocycles. The molecule has 0 aliphatic heterocycles. The zero-order valence-corrected chi connectivity index (χ0v) is 18.6. The number of rotatable bonds is 4. The summed E-state index contributed by atoms with van der Waals surface area (Å²) in [6, 6.07) is 9.30. The molecule has 0 bridgehead atoms. The lowest BCUT2D eigenvalue weighted by molar-refractivity contribution is 0.641. The average Bonchev–Trinajstić information content (AvgIpc) is 3.22. The molecule has 29 heavy (non-hydrogen) atoms. The van der Waals surface area contributed by atoms with Crippen LogP contribution in [0.1, 0.15) is 24.4 Å². The second-order valence-corrected chi connectivity index (χ2v) is 8.08. The molecule has 0 aliphatic rings. The van der Waals surface area contributed by atoms with Gasteiger partial charge in [-0.2, -0.15) is 15.0 Å². The van der Waals surface area contributed by atoms with Crippen LogP contribution in [0.3, 0.4) is 0 Å². The number of nitriles is 1. The first kappa shape index (κ1) is 19.4. The molecule has 8 nitrogen and oxygen atoms in total. The number of fused-ring (bicyclic) bond motifs is 1. The number of hydrogen-bond acceptors (Lipinski definition) is 7. The fraction of sp³-hybridized carbons (Fsp3) is 0.158. The molecular formula is C19H14Br2N8. The summed E-state index contributed by atoms with van der Waals surface area (Å²) in [7, 11) is 1.95. The molecule has 4 aromatic rings. The minimum atomic E-state index is -0.161. The first-order valence-corrected chi connectivity index (χ1v) is 10.2. The molecule has 0 saturated heterocycles. The van der Waals surface area contributed by atoms with Crippen LogP contribution >= 0.6 is 31.9 Å². The number of pyridine rings is 1. The van der Waals surface area contributed by atoms with Crippen molar-refractivity contribution >= 4 is 48.6 Å². The number of aromatic nitrogens is 6. The van der Waals surface area contributed by atoms with E-state index in [-0.39, 0.29) is 6.04 Å². The summed E-state index contributed by atoms with van der Waals surface area (Å²) in [5.74, 6) is 2.06. The normalized spacial score (nSPS) is 12.0. The zero-order chi connectivity index (χ0) is 20.5. The molecule has 0 spiro atoms. The van der Waals surface area contributed by atoms with Crippen LogP contribution in [0.5, 0.6) is 0 Å². The standard InChI is InChI=1S/C19H14Br2N8/c1-11(18-26-10-27-29(18)16-4-3-12(7-22)8-23-16)28(2)19-14-5-13(20)6-15(21)17(14)24-9-25-19/h3-6,8-11H,1-2H3. The molecule has 10 heteroatoms. The average molecular weight is 514 g/mol. The van der Waals surface area contributed by atoms with Crippen LogP contribution in [0.2, 0.25) is 0 Å². The molecule has 0 aliphatic carbocycles. The first-order chi connectivity index (χ1) is 14.0. The maximum absolute atomic E-state index is 8.98. The topological polar surface area (TPSA) is 96.4 Å². The first-order valence-electron chi connectivity index (χ1n) is 8.58. The van der Waals surface area contributed by atoms with Gasteiger partial charge < -0.3 is 4.90 Å². The van der Waals surface area contributed by atoms with Crippen molar-refractivity contribution in [3.8, 4) is 11.9 Å². The Morgan fingerprint density at radius 2 is 1.93 bits per heavy atom. The molecule has 144 valence electrons. The van der Waals surface area contributed by atoms with Crippen molar-refractivity contribution < 1.29 is 0 Å². The maximum Gasteiger partial charge on any atom is 0.156 e. The summed E-state index contributed by atoms with van der Waals surface area (Å²) in [5, 5.41) is 14.2. The minimum Gasteiger partial charge on any atom is -0.349 e. The van der Waals surface area contributed by atoms with E-state index in [9.17, 15) is 0 Å². The molecule has 1 unspecified atom stereocenters. The quantitative estimate of drug-likeness (QED) is 0.403. The lowest BCUT2D eigenvalue weighted by Gasteiger charge is -2.26. The van der Waals surface area contributed by atoms with Crippen LogP contribution < -0.4 is 4.90 Å². The van der Waals surface area contributed by atoms with Crippen LogP contribution in [0.25, 0.3) is 16.7 Å². The highest BCUT2D eigenvalue weighted by Crippen LogP contribution is 2.34. The van der Waals surface area contributed by atoms with E-state index in [0.29, 0.717) is 17.2 Å². The van der Waals surface area contributed by atoms with Gasteiger partial charge in [0.1, 0.15) is 24.5 Å². The Hall–Kier alpha value is -2.90. The molecule has 3 heterocycles. The van der Waals surface area contributed by atoms with E-state index in [0.717, 1.165) is 25.7 Å². The Bertz CT molecular complexity index is 1230. The van der Waals surface area contributed by atoms with Gasteiger partial charge in [-0.05, 0) is 47.1 Å². The Morgan fingerprint density at radius 1 is 1.10 bits per heavy atom. The smallest absolute Gasteiger partial charge is 0.156 e. The van der Waals surface area contributed by atoms with E-state index in [1.807, 2.05) is 31.0 Å². The van der Waals surface area contributed by atoms with Crippen LogP contribution in [0, 0.1) is 11.3 Å². The number of nitrogens with zero attached hydrogens (tertiary/aromatic N) is 8. The molecule has 1 aromatic carbocycles. The van der Waals surface area contributed by atoms with Gasteiger partial charge in [0.2, 0.25) is 0 Å². The molecule has 0 amide bonds. The Labute approximate surface area is 183 Å². The summed E-state index contributed by atoms with van der Waals surface area (Å²) in [6.45, 7) is 2.02. The number of anilines is 1. The highest BCUT2D eigenvalue weighted by Gasteiger charge is 2.22. The van der Waals surface area contributed by atoms with Crippen molar-refractivity contribution in [2.45, 2.75) is 13.0 Å². The van der Waals surface area contributed by atoms with E-state index < -0.39 is 0 Å². The zero-order valence-electron chi connectivity index (χ0n) is 15.5. The fourth-order valence-corrected chi connectivity index (χ4v) is 4.33. The Morgan fingerprint density at radius 3 is 2.66 bits per heavy atom. The molecule has 0 fully saturated rings. The van der Waals surface area contributed by atoms with Gasteiger partial charge in [-0.3, -0.25) is 0 Å². The molecular weight excluding hydrogens is 500 g/mol. The van der Waals surface area contributed by atoms with E-state index in [1.165, 1.54) is 12.5 Å². The summed E-state index contributed by atoms with van der Waals surface area (Å²) in [6.07, 6.45) is 4.55. The summed E-state index contributed by atoms with van der Waals surface area (Å²) in [5.41, 5.74) is 1.32. The van der Waals surface area contributed by atoms with Crippen LogP contribution in [0.4, 0.5) is 5.82 Å². The summed E-state index contributed by atoms with van der Waals surface area (Å²) in [4.78, 5) is 19.7. The van der Waals surface area contributed by atoms with Gasteiger partial charge in [0.15, 0.2) is 11.6 Å². The third-order valence-electron chi connectivity index (χ3n) is 4.59. The number of halogens is 2. The van der Waals surface area contributed by atoms with Crippen LogP contribution in [-0.4, -0.2) is 36.8 Å². The van der Waals surface area contributed by atoms with E-state index >= 15 is 0 Å². The van der Waals surface area contributed by atoms with E-state index in [1.54, 1.807) is 23.1 Å². The fourth-order valence-electron chi connectivity index (χ4n) is 3.01. The third-order valence-corrected chi connectivity index (χ3v) is 5.66. The minimum absolute atomic E-state index is 0.161. The third kappa shape index (κ3) is 3.59. The van der Waals surface area contributed by atoms with Crippen molar-refractivity contribution in [2.75, 3.05) is 11.9 Å². The Kier molecular flexibility index (Phi) is 5.25. The van der Waals surface area contributed by atoms with Gasteiger partial charge in [-0.25, -0.2) is 19.9 Å². The van der Waals surface area contributed by atoms with Gasteiger partial charge in [-0.1, -0.05) is 15.9 Å². The van der Waals surface area contributed by atoms with Gasteiger partial charge >= 0.3 is 0 Å². The molecule has 1 atom stereocenters. The second kappa shape index (κ2) is 7.85. The van der Waals surface area contributed by atoms with Crippen LogP contribution in [-0.2, 0) is 0 Å². The largest absolute Gasteiger partial charge is 0.349 e. The lowest BCUT2D eigenvalue weighted by Crippen LogP contribution is -2.26.